The lowest BCUT2D eigenvalue weighted by Gasteiger charge is -2.32. The summed E-state index contributed by atoms with van der Waals surface area (Å²) in [4.78, 5) is 25.4. The van der Waals surface area contributed by atoms with Crippen molar-refractivity contribution in [1.82, 2.24) is 10.2 Å². The van der Waals surface area contributed by atoms with E-state index in [1.54, 1.807) is 0 Å². The highest BCUT2D eigenvalue weighted by Gasteiger charge is 2.16. The fourth-order valence-corrected chi connectivity index (χ4v) is 2.69. The van der Waals surface area contributed by atoms with Gasteiger partial charge in [-0.25, -0.2) is 5.10 Å². The topological polar surface area (TPSA) is 78.1 Å². The van der Waals surface area contributed by atoms with Crippen molar-refractivity contribution < 1.29 is 4.79 Å². The van der Waals surface area contributed by atoms with E-state index in [1.807, 2.05) is 24.3 Å². The Bertz CT molecular complexity index is 711. The van der Waals surface area contributed by atoms with Gasteiger partial charge < -0.3 is 10.2 Å². The van der Waals surface area contributed by atoms with Gasteiger partial charge in [0, 0.05) is 30.5 Å². The van der Waals surface area contributed by atoms with Gasteiger partial charge in [0.1, 0.15) is 5.69 Å². The third-order valence-electron chi connectivity index (χ3n) is 4.19. The SMILES string of the molecule is CC1CCN(c2ccc(NC(=O)c3ccc(=O)[nH]n3)cc2)CC1. The standard InChI is InChI=1S/C17H20N4O2/c1-12-8-10-21(11-9-12)14-4-2-13(3-5-14)18-17(23)15-6-7-16(22)20-19-15/h2-7,12H,8-11H2,1H3,(H,18,23)(H,20,22). The van der Waals surface area contributed by atoms with E-state index in [4.69, 9.17) is 0 Å². The molecule has 120 valence electrons. The van der Waals surface area contributed by atoms with Gasteiger partial charge in [-0.2, -0.15) is 5.10 Å². The zero-order valence-electron chi connectivity index (χ0n) is 13.1. The van der Waals surface area contributed by atoms with Gasteiger partial charge in [-0.05, 0) is 49.1 Å². The molecule has 1 fully saturated rings. The van der Waals surface area contributed by atoms with Gasteiger partial charge in [0.15, 0.2) is 0 Å². The molecule has 6 heteroatoms. The van der Waals surface area contributed by atoms with Crippen LogP contribution in [0.4, 0.5) is 11.4 Å². The summed E-state index contributed by atoms with van der Waals surface area (Å²) in [5.41, 5.74) is 1.73. The molecule has 1 amide bonds. The highest BCUT2D eigenvalue weighted by molar-refractivity contribution is 6.02. The quantitative estimate of drug-likeness (QED) is 0.911. The van der Waals surface area contributed by atoms with E-state index < -0.39 is 0 Å². The van der Waals surface area contributed by atoms with Crippen molar-refractivity contribution in [3.8, 4) is 0 Å². The molecule has 1 aliphatic heterocycles. The smallest absolute Gasteiger partial charge is 0.276 e. The lowest BCUT2D eigenvalue weighted by atomic mass is 9.99. The number of hydrogen-bond acceptors (Lipinski definition) is 4. The monoisotopic (exact) mass is 312 g/mol. The molecule has 0 spiro atoms. The van der Waals surface area contributed by atoms with Crippen molar-refractivity contribution in [2.45, 2.75) is 19.8 Å². The lowest BCUT2D eigenvalue weighted by Crippen LogP contribution is -2.32. The highest BCUT2D eigenvalue weighted by Crippen LogP contribution is 2.24. The van der Waals surface area contributed by atoms with Gasteiger partial charge in [0.05, 0.1) is 0 Å². The van der Waals surface area contributed by atoms with Crippen molar-refractivity contribution in [3.05, 3.63) is 52.4 Å². The summed E-state index contributed by atoms with van der Waals surface area (Å²) in [6.45, 7) is 4.45. The van der Waals surface area contributed by atoms with Gasteiger partial charge in [-0.3, -0.25) is 9.59 Å². The van der Waals surface area contributed by atoms with E-state index in [9.17, 15) is 9.59 Å². The second kappa shape index (κ2) is 6.64. The summed E-state index contributed by atoms with van der Waals surface area (Å²) in [7, 11) is 0. The van der Waals surface area contributed by atoms with Gasteiger partial charge in [0.2, 0.25) is 0 Å². The maximum Gasteiger partial charge on any atom is 0.276 e. The summed E-state index contributed by atoms with van der Waals surface area (Å²) in [6, 6.07) is 10.5. The molecule has 0 saturated carbocycles. The molecule has 1 aromatic heterocycles. The van der Waals surface area contributed by atoms with E-state index in [0.29, 0.717) is 5.69 Å². The molecule has 1 saturated heterocycles. The van der Waals surface area contributed by atoms with Gasteiger partial charge in [-0.15, -0.1) is 0 Å². The zero-order valence-corrected chi connectivity index (χ0v) is 13.1. The highest BCUT2D eigenvalue weighted by atomic mass is 16.2. The molecule has 0 unspecified atom stereocenters. The second-order valence-corrected chi connectivity index (χ2v) is 5.98. The number of benzene rings is 1. The third-order valence-corrected chi connectivity index (χ3v) is 4.19. The molecule has 0 atom stereocenters. The maximum atomic E-state index is 12.0. The number of piperidine rings is 1. The first-order valence-corrected chi connectivity index (χ1v) is 7.84. The number of H-pyrrole nitrogens is 1. The largest absolute Gasteiger partial charge is 0.372 e. The van der Waals surface area contributed by atoms with Crippen LogP contribution in [-0.4, -0.2) is 29.2 Å². The van der Waals surface area contributed by atoms with Gasteiger partial charge >= 0.3 is 0 Å². The molecule has 3 rings (SSSR count). The number of carbonyl (C=O) groups is 1. The van der Waals surface area contributed by atoms with Crippen molar-refractivity contribution in [2.24, 2.45) is 5.92 Å². The normalized spacial score (nSPS) is 15.4. The van der Waals surface area contributed by atoms with Gasteiger partial charge in [-0.1, -0.05) is 6.92 Å². The minimum absolute atomic E-state index is 0.179. The fraction of sp³-hybridized carbons (Fsp3) is 0.353. The molecule has 0 aliphatic carbocycles. The van der Waals surface area contributed by atoms with Crippen LogP contribution in [0.25, 0.3) is 0 Å². The Hall–Kier alpha value is -2.63. The van der Waals surface area contributed by atoms with E-state index in [1.165, 1.54) is 30.7 Å². The van der Waals surface area contributed by atoms with Crippen LogP contribution in [0, 0.1) is 5.92 Å². The zero-order chi connectivity index (χ0) is 16.2. The molecular weight excluding hydrogens is 292 g/mol. The maximum absolute atomic E-state index is 12.0. The molecule has 2 aromatic rings. The van der Waals surface area contributed by atoms with E-state index in [0.717, 1.165) is 19.0 Å². The number of amides is 1. The van der Waals surface area contributed by atoms with Crippen molar-refractivity contribution >= 4 is 17.3 Å². The first kappa shape index (κ1) is 15.3. The van der Waals surface area contributed by atoms with Crippen LogP contribution in [0.3, 0.4) is 0 Å². The van der Waals surface area contributed by atoms with Crippen molar-refractivity contribution in [1.29, 1.82) is 0 Å². The molecule has 1 aliphatic rings. The van der Waals surface area contributed by atoms with Crippen LogP contribution < -0.4 is 15.8 Å². The Kier molecular flexibility index (Phi) is 4.41. The molecule has 0 radical (unpaired) electrons. The van der Waals surface area contributed by atoms with Crippen molar-refractivity contribution in [3.63, 3.8) is 0 Å². The van der Waals surface area contributed by atoms with E-state index in [-0.39, 0.29) is 17.2 Å². The third kappa shape index (κ3) is 3.77. The second-order valence-electron chi connectivity index (χ2n) is 5.98. The number of aromatic nitrogens is 2. The van der Waals surface area contributed by atoms with Crippen LogP contribution in [0.2, 0.25) is 0 Å². The molecule has 23 heavy (non-hydrogen) atoms. The van der Waals surface area contributed by atoms with E-state index >= 15 is 0 Å². The number of carbonyl (C=O) groups excluding carboxylic acids is 1. The Morgan fingerprint density at radius 3 is 2.48 bits per heavy atom. The predicted octanol–water partition coefficient (Wildman–Crippen LogP) is 2.26. The number of nitrogens with one attached hydrogen (secondary N) is 2. The number of hydrogen-bond donors (Lipinski definition) is 2. The first-order valence-electron chi connectivity index (χ1n) is 7.84. The van der Waals surface area contributed by atoms with Crippen LogP contribution >= 0.6 is 0 Å². The molecule has 2 N–H and O–H groups in total. The Morgan fingerprint density at radius 1 is 1.17 bits per heavy atom. The van der Waals surface area contributed by atoms with Crippen LogP contribution in [0.1, 0.15) is 30.3 Å². The fourth-order valence-electron chi connectivity index (χ4n) is 2.69. The number of anilines is 2. The predicted molar refractivity (Wildman–Crippen MR) is 89.9 cm³/mol. The summed E-state index contributed by atoms with van der Waals surface area (Å²) in [5.74, 6) is 0.454. The molecular formula is C17H20N4O2. The number of rotatable bonds is 3. The Balaban J connectivity index is 1.64. The molecule has 1 aromatic carbocycles. The van der Waals surface area contributed by atoms with Crippen LogP contribution in [0.5, 0.6) is 0 Å². The Labute approximate surface area is 134 Å². The number of aromatic amines is 1. The minimum Gasteiger partial charge on any atom is -0.372 e. The first-order chi connectivity index (χ1) is 11.1. The van der Waals surface area contributed by atoms with E-state index in [2.05, 4.69) is 27.3 Å². The summed E-state index contributed by atoms with van der Waals surface area (Å²) in [6.07, 6.45) is 2.44. The molecule has 2 heterocycles. The lowest BCUT2D eigenvalue weighted by molar-refractivity contribution is 0.102. The summed E-state index contributed by atoms with van der Waals surface area (Å²) < 4.78 is 0. The average Bonchev–Trinajstić information content (AvgIpc) is 2.57. The summed E-state index contributed by atoms with van der Waals surface area (Å²) >= 11 is 0. The average molecular weight is 312 g/mol. The summed E-state index contributed by atoms with van der Waals surface area (Å²) in [5, 5.41) is 8.74. The van der Waals surface area contributed by atoms with Crippen LogP contribution in [0.15, 0.2) is 41.2 Å². The van der Waals surface area contributed by atoms with Crippen molar-refractivity contribution in [2.75, 3.05) is 23.3 Å². The molecule has 6 nitrogen and oxygen atoms in total. The minimum atomic E-state index is -0.346. The molecule has 0 bridgehead atoms. The van der Waals surface area contributed by atoms with Crippen LogP contribution in [-0.2, 0) is 0 Å². The number of nitrogens with zero attached hydrogens (tertiary/aromatic N) is 2. The van der Waals surface area contributed by atoms with Gasteiger partial charge in [0.25, 0.3) is 11.5 Å². The Morgan fingerprint density at radius 2 is 1.87 bits per heavy atom.